The Morgan fingerprint density at radius 2 is 1.97 bits per heavy atom. The molecule has 6 rings (SSSR count). The van der Waals surface area contributed by atoms with Crippen LogP contribution in [0.3, 0.4) is 0 Å². The minimum absolute atomic E-state index is 0.176. The average molecular weight is 519 g/mol. The van der Waals surface area contributed by atoms with Gasteiger partial charge in [-0.3, -0.25) is 9.69 Å². The first kappa shape index (κ1) is 25.1. The molecule has 1 saturated heterocycles. The summed E-state index contributed by atoms with van der Waals surface area (Å²) in [7, 11) is 2.11. The van der Waals surface area contributed by atoms with Gasteiger partial charge < -0.3 is 30.5 Å². The third kappa shape index (κ3) is 5.48. The van der Waals surface area contributed by atoms with Crippen LogP contribution in [0.5, 0.6) is 0 Å². The third-order valence-corrected chi connectivity index (χ3v) is 8.12. The largest absolute Gasteiger partial charge is 0.390 e. The number of aliphatic hydroxyl groups excluding tert-OH is 1. The molecule has 4 heterocycles. The summed E-state index contributed by atoms with van der Waals surface area (Å²) in [6.07, 6.45) is 3.72. The van der Waals surface area contributed by atoms with Crippen molar-refractivity contribution >= 4 is 28.6 Å². The van der Waals surface area contributed by atoms with Crippen LogP contribution < -0.4 is 15.5 Å². The fraction of sp³-hybridized carbons (Fsp3) is 0.536. The molecule has 2 aliphatic heterocycles. The van der Waals surface area contributed by atoms with E-state index in [1.54, 1.807) is 6.07 Å². The molecular weight excluding hydrogens is 480 g/mol. The molecule has 1 amide bonds. The Morgan fingerprint density at radius 1 is 1.16 bits per heavy atom. The van der Waals surface area contributed by atoms with Gasteiger partial charge in [-0.15, -0.1) is 0 Å². The Bertz CT molecular complexity index is 1280. The zero-order valence-electron chi connectivity index (χ0n) is 22.1. The molecule has 0 radical (unpaired) electrons. The van der Waals surface area contributed by atoms with Crippen LogP contribution in [0.15, 0.2) is 30.3 Å². The molecule has 202 valence electrons. The summed E-state index contributed by atoms with van der Waals surface area (Å²) in [5.74, 6) is 1.01. The van der Waals surface area contributed by atoms with E-state index in [4.69, 9.17) is 4.98 Å². The van der Waals surface area contributed by atoms with Crippen LogP contribution in [0.2, 0.25) is 0 Å². The van der Waals surface area contributed by atoms with Crippen molar-refractivity contribution in [3.05, 3.63) is 47.3 Å². The van der Waals surface area contributed by atoms with E-state index in [0.717, 1.165) is 58.5 Å². The fourth-order valence-electron chi connectivity index (χ4n) is 5.58. The zero-order valence-corrected chi connectivity index (χ0v) is 22.1. The second kappa shape index (κ2) is 10.9. The number of H-pyrrole nitrogens is 1. The maximum Gasteiger partial charge on any atom is 0.270 e. The zero-order chi connectivity index (χ0) is 26.1. The number of anilines is 2. The standard InChI is InChI=1S/C28H38N8O2/c1-34-11-13-36(14-12-34)28-32-25(15-26(33-28)30-19-5-4-6-19)27(38)29-16-20(37)17-35-10-9-24-22(18-35)21-7-2-3-8-23(21)31-24/h2-3,7-8,15,19-20,31,37H,4-6,9-14,16-18H2,1H3,(H,29,38)(H,30,32,33). The molecule has 2 fully saturated rings. The van der Waals surface area contributed by atoms with Gasteiger partial charge in [0, 0.05) is 87.5 Å². The molecule has 1 saturated carbocycles. The van der Waals surface area contributed by atoms with Gasteiger partial charge in [0.2, 0.25) is 5.95 Å². The van der Waals surface area contributed by atoms with Crippen LogP contribution in [-0.2, 0) is 13.0 Å². The van der Waals surface area contributed by atoms with Crippen LogP contribution in [0.4, 0.5) is 11.8 Å². The number of amides is 1. The minimum atomic E-state index is -0.669. The van der Waals surface area contributed by atoms with E-state index < -0.39 is 6.10 Å². The lowest BCUT2D eigenvalue weighted by Crippen LogP contribution is -2.45. The Morgan fingerprint density at radius 3 is 2.76 bits per heavy atom. The third-order valence-electron chi connectivity index (χ3n) is 8.12. The molecule has 0 spiro atoms. The van der Waals surface area contributed by atoms with Crippen molar-refractivity contribution < 1.29 is 9.90 Å². The van der Waals surface area contributed by atoms with Gasteiger partial charge in [-0.25, -0.2) is 4.98 Å². The van der Waals surface area contributed by atoms with Crippen LogP contribution in [0.25, 0.3) is 10.9 Å². The van der Waals surface area contributed by atoms with Gasteiger partial charge in [-0.2, -0.15) is 4.98 Å². The molecule has 1 aromatic carbocycles. The number of likely N-dealkylation sites (N-methyl/N-ethyl adjacent to an activating group) is 1. The van der Waals surface area contributed by atoms with Crippen molar-refractivity contribution in [3.8, 4) is 0 Å². The number of carbonyl (C=O) groups is 1. The van der Waals surface area contributed by atoms with E-state index in [-0.39, 0.29) is 12.5 Å². The number of benzene rings is 1. The lowest BCUT2D eigenvalue weighted by Gasteiger charge is -2.33. The average Bonchev–Trinajstić information content (AvgIpc) is 3.28. The van der Waals surface area contributed by atoms with Gasteiger partial charge >= 0.3 is 0 Å². The highest BCUT2D eigenvalue weighted by Gasteiger charge is 2.25. The molecule has 0 bridgehead atoms. The van der Waals surface area contributed by atoms with Crippen LogP contribution in [-0.4, -0.2) is 101 Å². The molecule has 1 unspecified atom stereocenters. The first-order chi connectivity index (χ1) is 18.5. The predicted molar refractivity (Wildman–Crippen MR) is 149 cm³/mol. The van der Waals surface area contributed by atoms with Gasteiger partial charge in [-0.05, 0) is 37.9 Å². The Labute approximate surface area is 223 Å². The maximum absolute atomic E-state index is 13.1. The predicted octanol–water partition coefficient (Wildman–Crippen LogP) is 1.82. The Balaban J connectivity index is 1.08. The Kier molecular flexibility index (Phi) is 7.18. The highest BCUT2D eigenvalue weighted by molar-refractivity contribution is 5.93. The first-order valence-corrected chi connectivity index (χ1v) is 13.9. The second-order valence-corrected chi connectivity index (χ2v) is 11.0. The molecule has 3 aliphatic rings. The summed E-state index contributed by atoms with van der Waals surface area (Å²) in [6, 6.07) is 10.5. The molecule has 3 aromatic rings. The molecule has 38 heavy (non-hydrogen) atoms. The van der Waals surface area contributed by atoms with Gasteiger partial charge in [0.05, 0.1) is 6.10 Å². The quantitative estimate of drug-likeness (QED) is 0.357. The smallest absolute Gasteiger partial charge is 0.270 e. The number of hydrogen-bond donors (Lipinski definition) is 4. The molecule has 10 nitrogen and oxygen atoms in total. The number of aliphatic hydroxyl groups is 1. The van der Waals surface area contributed by atoms with E-state index in [0.29, 0.717) is 30.0 Å². The maximum atomic E-state index is 13.1. The van der Waals surface area contributed by atoms with Crippen LogP contribution in [0.1, 0.15) is 41.0 Å². The summed E-state index contributed by atoms with van der Waals surface area (Å²) in [6.45, 7) is 5.89. The van der Waals surface area contributed by atoms with E-state index in [9.17, 15) is 9.90 Å². The number of aromatic amines is 1. The number of piperazine rings is 1. The number of nitrogens with zero attached hydrogens (tertiary/aromatic N) is 5. The number of fused-ring (bicyclic) bond motifs is 3. The number of carbonyl (C=O) groups excluding carboxylic acids is 1. The van der Waals surface area contributed by atoms with Crippen LogP contribution in [0, 0.1) is 0 Å². The van der Waals surface area contributed by atoms with Crippen LogP contribution >= 0.6 is 0 Å². The lowest BCUT2D eigenvalue weighted by molar-refractivity contribution is 0.0838. The number of aromatic nitrogens is 3. The fourth-order valence-corrected chi connectivity index (χ4v) is 5.58. The summed E-state index contributed by atoms with van der Waals surface area (Å²) in [5.41, 5.74) is 4.10. The summed E-state index contributed by atoms with van der Waals surface area (Å²) in [4.78, 5) is 32.7. The molecule has 4 N–H and O–H groups in total. The number of rotatable bonds is 8. The van der Waals surface area contributed by atoms with Gasteiger partial charge in [0.25, 0.3) is 5.91 Å². The van der Waals surface area contributed by atoms with E-state index in [2.05, 4.69) is 60.5 Å². The lowest BCUT2D eigenvalue weighted by atomic mass is 9.93. The van der Waals surface area contributed by atoms with Crippen molar-refractivity contribution in [1.82, 2.24) is 30.1 Å². The van der Waals surface area contributed by atoms with Crippen molar-refractivity contribution in [2.24, 2.45) is 0 Å². The van der Waals surface area contributed by atoms with Crippen molar-refractivity contribution in [3.63, 3.8) is 0 Å². The second-order valence-electron chi connectivity index (χ2n) is 11.0. The number of hydrogen-bond acceptors (Lipinski definition) is 8. The van der Waals surface area contributed by atoms with Gasteiger partial charge in [-0.1, -0.05) is 18.2 Å². The minimum Gasteiger partial charge on any atom is -0.390 e. The van der Waals surface area contributed by atoms with E-state index in [1.807, 2.05) is 6.07 Å². The normalized spacial score (nSPS) is 19.7. The monoisotopic (exact) mass is 518 g/mol. The summed E-state index contributed by atoms with van der Waals surface area (Å²) >= 11 is 0. The van der Waals surface area contributed by atoms with Crippen molar-refractivity contribution in [2.75, 3.05) is 63.1 Å². The van der Waals surface area contributed by atoms with Crippen molar-refractivity contribution in [2.45, 2.75) is 44.4 Å². The molecule has 10 heteroatoms. The Hall–Kier alpha value is -3.21. The first-order valence-electron chi connectivity index (χ1n) is 13.9. The molecule has 1 atom stereocenters. The van der Waals surface area contributed by atoms with Gasteiger partial charge in [0.1, 0.15) is 11.5 Å². The van der Waals surface area contributed by atoms with Crippen molar-refractivity contribution in [1.29, 1.82) is 0 Å². The van der Waals surface area contributed by atoms with Gasteiger partial charge in [0.15, 0.2) is 0 Å². The van der Waals surface area contributed by atoms with E-state index in [1.165, 1.54) is 28.6 Å². The summed E-state index contributed by atoms with van der Waals surface area (Å²) < 4.78 is 0. The number of β-amino-alcohol motifs (C(OH)–C–C–N with tert-alkyl or cyclic N) is 1. The highest BCUT2D eigenvalue weighted by Crippen LogP contribution is 2.28. The summed E-state index contributed by atoms with van der Waals surface area (Å²) in [5, 5.41) is 18.4. The molecular formula is C28H38N8O2. The topological polar surface area (TPSA) is 113 Å². The number of nitrogens with one attached hydrogen (secondary N) is 3. The van der Waals surface area contributed by atoms with E-state index >= 15 is 0 Å². The molecule has 1 aliphatic carbocycles. The molecule has 2 aromatic heterocycles. The number of para-hydroxylation sites is 1. The SMILES string of the molecule is CN1CCN(c2nc(NC3CCC3)cc(C(=O)NCC(O)CN3CCc4[nH]c5ccccc5c4C3)n2)CC1. The highest BCUT2D eigenvalue weighted by atomic mass is 16.3.